The second-order valence-corrected chi connectivity index (χ2v) is 3.77. The second kappa shape index (κ2) is 4.22. The summed E-state index contributed by atoms with van der Waals surface area (Å²) in [7, 11) is 1.96. The summed E-state index contributed by atoms with van der Waals surface area (Å²) in [5.74, 6) is 2.22. The zero-order valence-electron chi connectivity index (χ0n) is 9.44. The molecule has 84 valence electrons. The molecule has 0 atom stereocenters. The zero-order chi connectivity index (χ0) is 11.5. The van der Waals surface area contributed by atoms with Crippen molar-refractivity contribution >= 4 is 11.6 Å². The van der Waals surface area contributed by atoms with E-state index >= 15 is 0 Å². The summed E-state index contributed by atoms with van der Waals surface area (Å²) in [4.78, 5) is 13.3. The fraction of sp³-hybridized carbons (Fsp3) is 0.273. The van der Waals surface area contributed by atoms with E-state index < -0.39 is 0 Å². The van der Waals surface area contributed by atoms with E-state index in [0.29, 0.717) is 5.82 Å². The summed E-state index contributed by atoms with van der Waals surface area (Å²) < 4.78 is 0. The first-order valence-electron chi connectivity index (χ1n) is 5.09. The van der Waals surface area contributed by atoms with Crippen LogP contribution in [0.25, 0.3) is 0 Å². The average molecular weight is 217 g/mol. The quantitative estimate of drug-likeness (QED) is 0.813. The molecule has 2 aromatic heterocycles. The van der Waals surface area contributed by atoms with Crippen molar-refractivity contribution in [2.75, 3.05) is 17.7 Å². The van der Waals surface area contributed by atoms with Gasteiger partial charge in [-0.05, 0) is 24.6 Å². The predicted molar refractivity (Wildman–Crippen MR) is 64.1 cm³/mol. The third-order valence-electron chi connectivity index (χ3n) is 2.36. The number of nitrogens with one attached hydrogen (secondary N) is 1. The Hall–Kier alpha value is -2.04. The fourth-order valence-corrected chi connectivity index (χ4v) is 1.63. The van der Waals surface area contributed by atoms with Crippen molar-refractivity contribution in [1.29, 1.82) is 0 Å². The highest BCUT2D eigenvalue weighted by atomic mass is 15.2. The van der Waals surface area contributed by atoms with Crippen LogP contribution in [0.5, 0.6) is 0 Å². The van der Waals surface area contributed by atoms with Gasteiger partial charge in [0.25, 0.3) is 0 Å². The van der Waals surface area contributed by atoms with Gasteiger partial charge < -0.3 is 15.6 Å². The molecule has 2 rings (SSSR count). The average Bonchev–Trinajstić information content (AvgIpc) is 2.59. The summed E-state index contributed by atoms with van der Waals surface area (Å²) in [5, 5.41) is 0. The molecule has 2 aromatic rings. The van der Waals surface area contributed by atoms with Crippen LogP contribution < -0.4 is 10.6 Å². The molecule has 16 heavy (non-hydrogen) atoms. The Kier molecular flexibility index (Phi) is 2.76. The van der Waals surface area contributed by atoms with E-state index in [1.807, 2.05) is 31.0 Å². The number of aryl methyl sites for hydroxylation is 1. The summed E-state index contributed by atoms with van der Waals surface area (Å²) >= 11 is 0. The number of nitrogen functional groups attached to an aromatic ring is 1. The highest BCUT2D eigenvalue weighted by molar-refractivity contribution is 5.58. The van der Waals surface area contributed by atoms with Gasteiger partial charge in [0.05, 0.1) is 0 Å². The van der Waals surface area contributed by atoms with Crippen LogP contribution in [0.3, 0.4) is 0 Å². The molecule has 0 aromatic carbocycles. The van der Waals surface area contributed by atoms with Gasteiger partial charge in [-0.15, -0.1) is 0 Å². The molecule has 5 heteroatoms. The van der Waals surface area contributed by atoms with Crippen molar-refractivity contribution in [3.63, 3.8) is 0 Å². The smallest absolute Gasteiger partial charge is 0.171 e. The Morgan fingerprint density at radius 3 is 2.62 bits per heavy atom. The Balaban J connectivity index is 2.14. The third kappa shape index (κ3) is 2.13. The molecule has 5 nitrogen and oxygen atoms in total. The summed E-state index contributed by atoms with van der Waals surface area (Å²) in [6, 6.07) is 3.96. The van der Waals surface area contributed by atoms with Crippen LogP contribution in [0.15, 0.2) is 24.5 Å². The van der Waals surface area contributed by atoms with Gasteiger partial charge >= 0.3 is 0 Å². The Bertz CT molecular complexity index is 462. The van der Waals surface area contributed by atoms with E-state index in [9.17, 15) is 0 Å². The topological polar surface area (TPSA) is 70.8 Å². The minimum absolute atomic E-state index is 0.606. The number of nitrogens with two attached hydrogens (primary N) is 1. The summed E-state index contributed by atoms with van der Waals surface area (Å²) in [5.41, 5.74) is 7.00. The lowest BCUT2D eigenvalue weighted by atomic mass is 10.2. The number of H-pyrrole nitrogens is 1. The van der Waals surface area contributed by atoms with Gasteiger partial charge in [0.2, 0.25) is 0 Å². The molecule has 0 radical (unpaired) electrons. The monoisotopic (exact) mass is 217 g/mol. The van der Waals surface area contributed by atoms with Crippen LogP contribution in [0.1, 0.15) is 11.4 Å². The summed E-state index contributed by atoms with van der Waals surface area (Å²) in [6.45, 7) is 2.65. The number of nitrogens with zero attached hydrogens (tertiary/aromatic N) is 3. The van der Waals surface area contributed by atoms with Gasteiger partial charge in [-0.2, -0.15) is 0 Å². The van der Waals surface area contributed by atoms with E-state index in [1.165, 1.54) is 5.56 Å². The van der Waals surface area contributed by atoms with Crippen LogP contribution in [0.2, 0.25) is 0 Å². The number of anilines is 2. The first kappa shape index (κ1) is 10.5. The minimum Gasteiger partial charge on any atom is -0.382 e. The maximum Gasteiger partial charge on any atom is 0.171 e. The molecule has 0 saturated carbocycles. The van der Waals surface area contributed by atoms with Gasteiger partial charge in [0.1, 0.15) is 11.6 Å². The van der Waals surface area contributed by atoms with Crippen LogP contribution in [-0.4, -0.2) is 22.0 Å². The number of hydrogen-bond acceptors (Lipinski definition) is 4. The van der Waals surface area contributed by atoms with Gasteiger partial charge in [-0.25, -0.2) is 4.98 Å². The van der Waals surface area contributed by atoms with Crippen molar-refractivity contribution in [2.45, 2.75) is 13.5 Å². The van der Waals surface area contributed by atoms with Crippen LogP contribution in [0, 0.1) is 6.92 Å². The molecule has 0 spiro atoms. The lowest BCUT2D eigenvalue weighted by Gasteiger charge is -2.16. The molecule has 0 bridgehead atoms. The minimum atomic E-state index is 0.606. The number of rotatable bonds is 3. The Morgan fingerprint density at radius 2 is 2.06 bits per heavy atom. The van der Waals surface area contributed by atoms with Crippen LogP contribution in [-0.2, 0) is 6.54 Å². The van der Waals surface area contributed by atoms with Crippen molar-refractivity contribution in [1.82, 2.24) is 15.0 Å². The molecular formula is C11H15N5. The number of aromatic nitrogens is 3. The second-order valence-electron chi connectivity index (χ2n) is 3.77. The zero-order valence-corrected chi connectivity index (χ0v) is 9.44. The molecule has 0 amide bonds. The van der Waals surface area contributed by atoms with Crippen molar-refractivity contribution < 1.29 is 0 Å². The fourth-order valence-electron chi connectivity index (χ4n) is 1.63. The highest BCUT2D eigenvalue weighted by Gasteiger charge is 2.10. The predicted octanol–water partition coefficient (Wildman–Crippen LogP) is 1.33. The van der Waals surface area contributed by atoms with Crippen LogP contribution in [0.4, 0.5) is 11.6 Å². The molecule has 0 aliphatic carbocycles. The van der Waals surface area contributed by atoms with Crippen LogP contribution >= 0.6 is 0 Å². The molecule has 0 unspecified atom stereocenters. The summed E-state index contributed by atoms with van der Waals surface area (Å²) in [6.07, 6.45) is 3.56. The number of aromatic amines is 1. The van der Waals surface area contributed by atoms with Crippen molar-refractivity contribution in [3.8, 4) is 0 Å². The standard InChI is InChI=1S/C11H15N5/c1-8-14-10(12)11(15-8)16(2)7-9-3-5-13-6-4-9/h3-6H,7,12H2,1-2H3,(H,14,15). The SMILES string of the molecule is Cc1nc(N(C)Cc2ccncc2)c(N)[nH]1. The molecule has 0 fully saturated rings. The number of imidazole rings is 1. The van der Waals surface area contributed by atoms with Crippen molar-refractivity contribution in [2.24, 2.45) is 0 Å². The molecule has 0 saturated heterocycles. The normalized spacial score (nSPS) is 10.4. The molecular weight excluding hydrogens is 202 g/mol. The molecule has 0 aliphatic heterocycles. The van der Waals surface area contributed by atoms with Gasteiger partial charge in [-0.3, -0.25) is 4.98 Å². The van der Waals surface area contributed by atoms with Gasteiger partial charge in [0, 0.05) is 26.0 Å². The lowest BCUT2D eigenvalue weighted by Crippen LogP contribution is -2.18. The Labute approximate surface area is 94.3 Å². The Morgan fingerprint density at radius 1 is 1.38 bits per heavy atom. The van der Waals surface area contributed by atoms with Gasteiger partial charge in [-0.1, -0.05) is 0 Å². The maximum atomic E-state index is 5.82. The van der Waals surface area contributed by atoms with E-state index in [-0.39, 0.29) is 0 Å². The number of hydrogen-bond donors (Lipinski definition) is 2. The first-order valence-corrected chi connectivity index (χ1v) is 5.09. The largest absolute Gasteiger partial charge is 0.382 e. The maximum absolute atomic E-state index is 5.82. The van der Waals surface area contributed by atoms with Gasteiger partial charge in [0.15, 0.2) is 5.82 Å². The third-order valence-corrected chi connectivity index (χ3v) is 2.36. The van der Waals surface area contributed by atoms with E-state index in [1.54, 1.807) is 12.4 Å². The number of pyridine rings is 1. The molecule has 2 heterocycles. The highest BCUT2D eigenvalue weighted by Crippen LogP contribution is 2.19. The molecule has 0 aliphatic rings. The van der Waals surface area contributed by atoms with Crippen molar-refractivity contribution in [3.05, 3.63) is 35.9 Å². The van der Waals surface area contributed by atoms with E-state index in [2.05, 4.69) is 15.0 Å². The van der Waals surface area contributed by atoms with E-state index in [4.69, 9.17) is 5.73 Å². The lowest BCUT2D eigenvalue weighted by molar-refractivity contribution is 0.900. The first-order chi connectivity index (χ1) is 7.66. The molecule has 3 N–H and O–H groups in total. The van der Waals surface area contributed by atoms with E-state index in [0.717, 1.165) is 18.2 Å².